The van der Waals surface area contributed by atoms with Crippen LogP contribution in [0.15, 0.2) is 18.2 Å². The standard InChI is InChI=1S/C18H25N3O2.ClH/c1-10-5-6-14(9-15(10)17(20)22)21-18(23)13-7-11-3-2-4-12(8-13)16(11)19;/h5-6,9,11-13,16H,2-4,7-8,19H2,1H3,(H2,20,22)(H,21,23);1H. The lowest BCUT2D eigenvalue weighted by atomic mass is 9.65. The molecule has 2 bridgehead atoms. The molecule has 2 atom stereocenters. The van der Waals surface area contributed by atoms with Crippen molar-refractivity contribution in [3.05, 3.63) is 29.3 Å². The topological polar surface area (TPSA) is 98.2 Å². The zero-order valence-corrected chi connectivity index (χ0v) is 14.8. The molecular weight excluding hydrogens is 326 g/mol. The highest BCUT2D eigenvalue weighted by molar-refractivity contribution is 5.98. The van der Waals surface area contributed by atoms with Gasteiger partial charge in [0.25, 0.3) is 0 Å². The first-order valence-corrected chi connectivity index (χ1v) is 8.42. The average molecular weight is 352 g/mol. The van der Waals surface area contributed by atoms with Crippen LogP contribution in [0.25, 0.3) is 0 Å². The minimum Gasteiger partial charge on any atom is -0.366 e. The number of anilines is 1. The number of fused-ring (bicyclic) bond motifs is 2. The molecular formula is C18H26ClN3O2. The number of carbonyl (C=O) groups excluding carboxylic acids is 2. The van der Waals surface area contributed by atoms with Crippen molar-refractivity contribution in [2.24, 2.45) is 29.2 Å². The summed E-state index contributed by atoms with van der Waals surface area (Å²) in [4.78, 5) is 24.0. The molecule has 0 heterocycles. The van der Waals surface area contributed by atoms with Crippen molar-refractivity contribution in [1.29, 1.82) is 0 Å². The van der Waals surface area contributed by atoms with E-state index in [-0.39, 0.29) is 30.3 Å². The SMILES string of the molecule is Cc1ccc(NC(=O)C2CC3CCCC(C2)C3N)cc1C(N)=O.Cl. The quantitative estimate of drug-likeness (QED) is 0.780. The van der Waals surface area contributed by atoms with Gasteiger partial charge in [-0.3, -0.25) is 9.59 Å². The fraction of sp³-hybridized carbons (Fsp3) is 0.556. The fourth-order valence-electron chi connectivity index (χ4n) is 4.21. The second-order valence-corrected chi connectivity index (χ2v) is 7.08. The molecule has 0 aliphatic heterocycles. The predicted octanol–water partition coefficient (Wildman–Crippen LogP) is 2.61. The van der Waals surface area contributed by atoms with Gasteiger partial charge in [-0.2, -0.15) is 0 Å². The van der Waals surface area contributed by atoms with Crippen LogP contribution in [-0.2, 0) is 4.79 Å². The number of carbonyl (C=O) groups is 2. The number of aryl methyl sites for hydroxylation is 1. The molecule has 5 N–H and O–H groups in total. The van der Waals surface area contributed by atoms with Gasteiger partial charge < -0.3 is 16.8 Å². The van der Waals surface area contributed by atoms with E-state index in [1.807, 2.05) is 13.0 Å². The summed E-state index contributed by atoms with van der Waals surface area (Å²) in [6, 6.07) is 5.54. The molecule has 2 amide bonds. The highest BCUT2D eigenvalue weighted by Gasteiger charge is 2.40. The van der Waals surface area contributed by atoms with Crippen molar-refractivity contribution in [2.75, 3.05) is 5.32 Å². The van der Waals surface area contributed by atoms with E-state index in [2.05, 4.69) is 5.32 Å². The molecule has 2 aliphatic rings. The number of halogens is 1. The Balaban J connectivity index is 0.00000208. The molecule has 6 heteroatoms. The average Bonchev–Trinajstić information content (AvgIpc) is 2.48. The van der Waals surface area contributed by atoms with Crippen LogP contribution in [0.2, 0.25) is 0 Å². The molecule has 2 unspecified atom stereocenters. The van der Waals surface area contributed by atoms with Crippen LogP contribution < -0.4 is 16.8 Å². The van der Waals surface area contributed by atoms with Crippen LogP contribution in [0.3, 0.4) is 0 Å². The lowest BCUT2D eigenvalue weighted by Gasteiger charge is -2.43. The third-order valence-corrected chi connectivity index (χ3v) is 5.55. The number of benzene rings is 1. The molecule has 2 fully saturated rings. The Kier molecular flexibility index (Phi) is 5.88. The monoisotopic (exact) mass is 351 g/mol. The molecule has 0 saturated heterocycles. The molecule has 132 valence electrons. The summed E-state index contributed by atoms with van der Waals surface area (Å²) in [7, 11) is 0. The van der Waals surface area contributed by atoms with Crippen LogP contribution in [0.1, 0.15) is 48.0 Å². The maximum atomic E-state index is 12.6. The van der Waals surface area contributed by atoms with Gasteiger partial charge in [-0.25, -0.2) is 0 Å². The van der Waals surface area contributed by atoms with Crippen LogP contribution >= 0.6 is 12.4 Å². The Morgan fingerprint density at radius 2 is 1.79 bits per heavy atom. The van der Waals surface area contributed by atoms with Gasteiger partial charge in [0.15, 0.2) is 0 Å². The van der Waals surface area contributed by atoms with E-state index in [0.717, 1.165) is 31.2 Å². The third kappa shape index (κ3) is 3.73. The Morgan fingerprint density at radius 1 is 1.17 bits per heavy atom. The summed E-state index contributed by atoms with van der Waals surface area (Å²) in [5.74, 6) is 0.517. The summed E-state index contributed by atoms with van der Waals surface area (Å²) in [6.45, 7) is 1.83. The number of hydrogen-bond acceptors (Lipinski definition) is 3. The minimum atomic E-state index is -0.475. The maximum Gasteiger partial charge on any atom is 0.249 e. The zero-order chi connectivity index (χ0) is 16.6. The van der Waals surface area contributed by atoms with Crippen molar-refractivity contribution in [3.63, 3.8) is 0 Å². The second kappa shape index (κ2) is 7.53. The molecule has 2 aliphatic carbocycles. The van der Waals surface area contributed by atoms with Gasteiger partial charge in [0, 0.05) is 23.2 Å². The Bertz CT molecular complexity index is 621. The Hall–Kier alpha value is -1.59. The maximum absolute atomic E-state index is 12.6. The van der Waals surface area contributed by atoms with Crippen LogP contribution in [0, 0.1) is 24.7 Å². The molecule has 3 rings (SSSR count). The van der Waals surface area contributed by atoms with E-state index in [9.17, 15) is 9.59 Å². The van der Waals surface area contributed by atoms with Gasteiger partial charge in [-0.05, 0) is 62.1 Å². The summed E-state index contributed by atoms with van der Waals surface area (Å²) in [5, 5.41) is 2.95. The van der Waals surface area contributed by atoms with Crippen LogP contribution in [0.5, 0.6) is 0 Å². The van der Waals surface area contributed by atoms with Gasteiger partial charge in [0.2, 0.25) is 11.8 Å². The van der Waals surface area contributed by atoms with Gasteiger partial charge in [0.1, 0.15) is 0 Å². The molecule has 0 aromatic heterocycles. The molecule has 5 nitrogen and oxygen atoms in total. The number of nitrogens with one attached hydrogen (secondary N) is 1. The molecule has 2 saturated carbocycles. The van der Waals surface area contributed by atoms with Crippen LogP contribution in [-0.4, -0.2) is 17.9 Å². The second-order valence-electron chi connectivity index (χ2n) is 7.08. The summed E-state index contributed by atoms with van der Waals surface area (Å²) >= 11 is 0. The first-order valence-electron chi connectivity index (χ1n) is 8.42. The summed E-state index contributed by atoms with van der Waals surface area (Å²) in [6.07, 6.45) is 5.25. The fourth-order valence-corrected chi connectivity index (χ4v) is 4.21. The normalized spacial score (nSPS) is 28.6. The molecule has 1 aromatic rings. The number of amides is 2. The van der Waals surface area contributed by atoms with Crippen molar-refractivity contribution < 1.29 is 9.59 Å². The minimum absolute atomic E-state index is 0. The molecule has 0 radical (unpaired) electrons. The van der Waals surface area contributed by atoms with Gasteiger partial charge in [-0.1, -0.05) is 12.5 Å². The van der Waals surface area contributed by atoms with Gasteiger partial charge >= 0.3 is 0 Å². The van der Waals surface area contributed by atoms with Crippen LogP contribution in [0.4, 0.5) is 5.69 Å². The summed E-state index contributed by atoms with van der Waals surface area (Å²) < 4.78 is 0. The van der Waals surface area contributed by atoms with E-state index in [0.29, 0.717) is 23.1 Å². The number of primary amides is 1. The largest absolute Gasteiger partial charge is 0.366 e. The third-order valence-electron chi connectivity index (χ3n) is 5.55. The van der Waals surface area contributed by atoms with Gasteiger partial charge in [-0.15, -0.1) is 12.4 Å². The summed E-state index contributed by atoms with van der Waals surface area (Å²) in [5.41, 5.74) is 13.6. The Morgan fingerprint density at radius 3 is 2.38 bits per heavy atom. The zero-order valence-electron chi connectivity index (χ0n) is 14.0. The predicted molar refractivity (Wildman–Crippen MR) is 97.1 cm³/mol. The van der Waals surface area contributed by atoms with Crippen molar-refractivity contribution in [3.8, 4) is 0 Å². The first-order chi connectivity index (χ1) is 11.0. The van der Waals surface area contributed by atoms with Gasteiger partial charge in [0.05, 0.1) is 0 Å². The van der Waals surface area contributed by atoms with E-state index >= 15 is 0 Å². The molecule has 1 aromatic carbocycles. The van der Waals surface area contributed by atoms with Crippen molar-refractivity contribution >= 4 is 29.9 Å². The van der Waals surface area contributed by atoms with E-state index in [4.69, 9.17) is 11.5 Å². The highest BCUT2D eigenvalue weighted by Crippen LogP contribution is 2.42. The Labute approximate surface area is 149 Å². The highest BCUT2D eigenvalue weighted by atomic mass is 35.5. The number of hydrogen-bond donors (Lipinski definition) is 3. The number of nitrogens with two attached hydrogens (primary N) is 2. The van der Waals surface area contributed by atoms with E-state index in [1.165, 1.54) is 6.42 Å². The van der Waals surface area contributed by atoms with Crippen molar-refractivity contribution in [1.82, 2.24) is 0 Å². The number of rotatable bonds is 3. The lowest BCUT2D eigenvalue weighted by Crippen LogP contribution is -2.48. The van der Waals surface area contributed by atoms with E-state index in [1.54, 1.807) is 12.1 Å². The van der Waals surface area contributed by atoms with Crippen molar-refractivity contribution in [2.45, 2.75) is 45.1 Å². The lowest BCUT2D eigenvalue weighted by molar-refractivity contribution is -0.122. The van der Waals surface area contributed by atoms with E-state index < -0.39 is 5.91 Å². The molecule has 0 spiro atoms. The molecule has 24 heavy (non-hydrogen) atoms. The smallest absolute Gasteiger partial charge is 0.249 e. The first kappa shape index (κ1) is 18.7.